The summed E-state index contributed by atoms with van der Waals surface area (Å²) >= 11 is 0. The minimum atomic E-state index is -0.338. The van der Waals surface area contributed by atoms with Crippen LogP contribution < -0.4 is 5.73 Å². The second-order valence-electron chi connectivity index (χ2n) is 1.08. The number of hydrogen-bond donors (Lipinski definition) is 2. The fourth-order valence-electron chi connectivity index (χ4n) is 0. The molecule has 3 N–H and O–H groups in total. The smallest absolute Gasteiger partial charge is 0.0634 e. The number of aliphatic hydroxyl groups excluding tert-OH is 1. The molecule has 0 aliphatic carbocycles. The minimum Gasteiger partial charge on any atom is -0.392 e. The second kappa shape index (κ2) is 9.71. The molecule has 48 valence electrons. The number of rotatable bonds is 1. The van der Waals surface area contributed by atoms with Gasteiger partial charge in [-0.3, -0.25) is 0 Å². The third kappa shape index (κ3) is 21.1. The van der Waals surface area contributed by atoms with Crippen LogP contribution in [-0.2, 0) is 0 Å². The van der Waals surface area contributed by atoms with Crippen LogP contribution in [0.4, 0.5) is 0 Å². The van der Waals surface area contributed by atoms with Crippen LogP contribution in [-0.4, -0.2) is 17.8 Å². The average molecular weight is 148 g/mol. The standard InChI is InChI=1S/C3H9NO.2ClH/c1-3(5)2-4;;/h3,5H,2,4H2,1H3;2*1H. The Labute approximate surface area is 55.9 Å². The van der Waals surface area contributed by atoms with Gasteiger partial charge in [0.1, 0.15) is 0 Å². The first kappa shape index (κ1) is 15.6. The van der Waals surface area contributed by atoms with Crippen molar-refractivity contribution in [1.29, 1.82) is 0 Å². The predicted octanol–water partition coefficient (Wildman–Crippen LogP) is 0.170. The summed E-state index contributed by atoms with van der Waals surface area (Å²) in [5.74, 6) is 0. The molecule has 0 saturated heterocycles. The average Bonchev–Trinajstić information content (AvgIpc) is 1.38. The van der Waals surface area contributed by atoms with Gasteiger partial charge in [0, 0.05) is 6.54 Å². The largest absolute Gasteiger partial charge is 0.392 e. The lowest BCUT2D eigenvalue weighted by Gasteiger charge is -1.91. The Hall–Kier alpha value is 0.500. The highest BCUT2D eigenvalue weighted by atomic mass is 35.5. The van der Waals surface area contributed by atoms with Gasteiger partial charge in [0.25, 0.3) is 0 Å². The Bertz CT molecular complexity index is 26.9. The van der Waals surface area contributed by atoms with E-state index in [2.05, 4.69) is 0 Å². The zero-order valence-electron chi connectivity index (χ0n) is 4.13. The third-order valence-electron chi connectivity index (χ3n) is 0.341. The fourth-order valence-corrected chi connectivity index (χ4v) is 0. The van der Waals surface area contributed by atoms with Gasteiger partial charge < -0.3 is 10.8 Å². The molecule has 0 rings (SSSR count). The normalized spacial score (nSPS) is 10.7. The molecule has 1 unspecified atom stereocenters. The highest BCUT2D eigenvalue weighted by molar-refractivity contribution is 5.85. The Kier molecular flexibility index (Phi) is 21.7. The number of hydrogen-bond acceptors (Lipinski definition) is 2. The zero-order valence-corrected chi connectivity index (χ0v) is 5.76. The van der Waals surface area contributed by atoms with Crippen LogP contribution in [0.5, 0.6) is 0 Å². The SMILES string of the molecule is CC(O)CN.Cl.Cl. The molecule has 0 bridgehead atoms. The summed E-state index contributed by atoms with van der Waals surface area (Å²) in [6.07, 6.45) is -0.338. The third-order valence-corrected chi connectivity index (χ3v) is 0.341. The molecular formula is C3H11Cl2NO. The number of aliphatic hydroxyl groups is 1. The van der Waals surface area contributed by atoms with E-state index in [1.165, 1.54) is 0 Å². The molecule has 0 heterocycles. The van der Waals surface area contributed by atoms with E-state index in [0.717, 1.165) is 0 Å². The molecule has 0 aromatic heterocycles. The lowest BCUT2D eigenvalue weighted by atomic mass is 10.4. The monoisotopic (exact) mass is 147 g/mol. The highest BCUT2D eigenvalue weighted by Gasteiger charge is 1.81. The Morgan fingerprint density at radius 2 is 1.71 bits per heavy atom. The van der Waals surface area contributed by atoms with E-state index < -0.39 is 0 Å². The van der Waals surface area contributed by atoms with E-state index in [4.69, 9.17) is 10.8 Å². The maximum absolute atomic E-state index is 8.24. The Morgan fingerprint density at radius 1 is 1.57 bits per heavy atom. The van der Waals surface area contributed by atoms with Crippen molar-refractivity contribution >= 4 is 24.8 Å². The molecule has 0 aromatic carbocycles. The molecule has 4 heteroatoms. The van der Waals surface area contributed by atoms with Gasteiger partial charge in [0.05, 0.1) is 6.10 Å². The van der Waals surface area contributed by atoms with Crippen LogP contribution in [0.15, 0.2) is 0 Å². The van der Waals surface area contributed by atoms with Crippen molar-refractivity contribution in [2.75, 3.05) is 6.54 Å². The maximum atomic E-state index is 8.24. The summed E-state index contributed by atoms with van der Waals surface area (Å²) in [4.78, 5) is 0. The second-order valence-corrected chi connectivity index (χ2v) is 1.08. The molecule has 0 aliphatic rings. The van der Waals surface area contributed by atoms with Gasteiger partial charge in [0.2, 0.25) is 0 Å². The summed E-state index contributed by atoms with van der Waals surface area (Å²) in [7, 11) is 0. The van der Waals surface area contributed by atoms with Crippen molar-refractivity contribution in [3.8, 4) is 0 Å². The van der Waals surface area contributed by atoms with Gasteiger partial charge in [-0.05, 0) is 6.92 Å². The summed E-state index contributed by atoms with van der Waals surface area (Å²) in [6.45, 7) is 2.01. The summed E-state index contributed by atoms with van der Waals surface area (Å²) < 4.78 is 0. The quantitative estimate of drug-likeness (QED) is 0.556. The first-order valence-corrected chi connectivity index (χ1v) is 1.65. The van der Waals surface area contributed by atoms with Gasteiger partial charge in [-0.1, -0.05) is 0 Å². The van der Waals surface area contributed by atoms with Crippen LogP contribution in [0, 0.1) is 0 Å². The predicted molar refractivity (Wildman–Crippen MR) is 35.2 cm³/mol. The molecule has 0 aromatic rings. The highest BCUT2D eigenvalue weighted by Crippen LogP contribution is 1.65. The fraction of sp³-hybridized carbons (Fsp3) is 1.00. The van der Waals surface area contributed by atoms with Crippen molar-refractivity contribution in [3.05, 3.63) is 0 Å². The van der Waals surface area contributed by atoms with Gasteiger partial charge in [0.15, 0.2) is 0 Å². The van der Waals surface area contributed by atoms with Gasteiger partial charge in [-0.15, -0.1) is 24.8 Å². The number of nitrogens with two attached hydrogens (primary N) is 1. The molecule has 0 radical (unpaired) electrons. The maximum Gasteiger partial charge on any atom is 0.0634 e. The van der Waals surface area contributed by atoms with Crippen LogP contribution in [0.25, 0.3) is 0 Å². The van der Waals surface area contributed by atoms with E-state index in [1.54, 1.807) is 6.92 Å². The minimum absolute atomic E-state index is 0. The van der Waals surface area contributed by atoms with Crippen LogP contribution in [0.3, 0.4) is 0 Å². The van der Waals surface area contributed by atoms with Crippen molar-refractivity contribution in [2.45, 2.75) is 13.0 Å². The van der Waals surface area contributed by atoms with E-state index in [-0.39, 0.29) is 30.9 Å². The molecule has 0 aliphatic heterocycles. The summed E-state index contributed by atoms with van der Waals surface area (Å²) in [6, 6.07) is 0. The van der Waals surface area contributed by atoms with Gasteiger partial charge in [-0.2, -0.15) is 0 Å². The van der Waals surface area contributed by atoms with E-state index in [0.29, 0.717) is 6.54 Å². The Balaban J connectivity index is -0.0000000800. The first-order chi connectivity index (χ1) is 2.27. The van der Waals surface area contributed by atoms with E-state index in [1.807, 2.05) is 0 Å². The van der Waals surface area contributed by atoms with E-state index in [9.17, 15) is 0 Å². The van der Waals surface area contributed by atoms with E-state index >= 15 is 0 Å². The molecule has 1 atom stereocenters. The molecule has 2 nitrogen and oxygen atoms in total. The zero-order chi connectivity index (χ0) is 4.28. The van der Waals surface area contributed by atoms with Gasteiger partial charge >= 0.3 is 0 Å². The van der Waals surface area contributed by atoms with Gasteiger partial charge in [-0.25, -0.2) is 0 Å². The lowest BCUT2D eigenvalue weighted by molar-refractivity contribution is 0.203. The molecule has 0 saturated carbocycles. The van der Waals surface area contributed by atoms with Crippen molar-refractivity contribution < 1.29 is 5.11 Å². The molecular weight excluding hydrogens is 137 g/mol. The topological polar surface area (TPSA) is 46.2 Å². The summed E-state index contributed by atoms with van der Waals surface area (Å²) in [5, 5.41) is 8.24. The van der Waals surface area contributed by atoms with Crippen LogP contribution >= 0.6 is 24.8 Å². The van der Waals surface area contributed by atoms with Crippen LogP contribution in [0.1, 0.15) is 6.92 Å². The molecule has 0 amide bonds. The Morgan fingerprint density at radius 3 is 1.71 bits per heavy atom. The summed E-state index contributed by atoms with van der Waals surface area (Å²) in [5.41, 5.74) is 4.92. The molecule has 7 heavy (non-hydrogen) atoms. The molecule has 0 spiro atoms. The first-order valence-electron chi connectivity index (χ1n) is 1.65. The molecule has 0 fully saturated rings. The number of halogens is 2. The lowest BCUT2D eigenvalue weighted by Crippen LogP contribution is -2.14. The van der Waals surface area contributed by atoms with Crippen LogP contribution in [0.2, 0.25) is 0 Å². The van der Waals surface area contributed by atoms with Crippen molar-refractivity contribution in [3.63, 3.8) is 0 Å². The van der Waals surface area contributed by atoms with Crippen molar-refractivity contribution in [2.24, 2.45) is 5.73 Å². The van der Waals surface area contributed by atoms with Crippen molar-refractivity contribution in [1.82, 2.24) is 0 Å².